The Morgan fingerprint density at radius 1 is 0.889 bits per heavy atom. The first-order valence-electron chi connectivity index (χ1n) is 13.8. The van der Waals surface area contributed by atoms with Crippen LogP contribution in [0, 0.1) is 5.92 Å². The molecule has 3 fully saturated rings. The molecule has 3 saturated heterocycles. The number of benzene rings is 1. The van der Waals surface area contributed by atoms with Gasteiger partial charge in [-0.1, -0.05) is 19.1 Å². The Hall–Kier alpha value is -2.61. The third-order valence-electron chi connectivity index (χ3n) is 7.86. The first-order chi connectivity index (χ1) is 17.5. The zero-order valence-electron chi connectivity index (χ0n) is 21.9. The quantitative estimate of drug-likeness (QED) is 0.519. The Labute approximate surface area is 221 Å². The van der Waals surface area contributed by atoms with Crippen molar-refractivity contribution < 1.29 is 0 Å². The van der Waals surface area contributed by atoms with E-state index in [4.69, 9.17) is 22.2 Å². The number of aromatic nitrogens is 2. The lowest BCUT2D eigenvalue weighted by Crippen LogP contribution is -2.39. The minimum atomic E-state index is 0.489. The highest BCUT2D eigenvalue weighted by Crippen LogP contribution is 2.29. The van der Waals surface area contributed by atoms with E-state index in [-0.39, 0.29) is 0 Å². The van der Waals surface area contributed by atoms with E-state index in [1.807, 2.05) is 0 Å². The van der Waals surface area contributed by atoms with E-state index in [1.165, 1.54) is 69.3 Å². The average molecular weight is 508 g/mol. The summed E-state index contributed by atoms with van der Waals surface area (Å²) in [4.78, 5) is 17.1. The highest BCUT2D eigenvalue weighted by atomic mass is 32.1. The molecule has 2 atom stereocenters. The fraction of sp³-hybridized carbons (Fsp3) is 0.607. The van der Waals surface area contributed by atoms with Crippen LogP contribution < -0.4 is 25.3 Å². The molecule has 5 rings (SSSR count). The summed E-state index contributed by atoms with van der Waals surface area (Å²) in [5.41, 5.74) is 2.52. The third-order valence-corrected chi connectivity index (χ3v) is 8.11. The van der Waals surface area contributed by atoms with Gasteiger partial charge in [0, 0.05) is 57.1 Å². The van der Waals surface area contributed by atoms with Crippen molar-refractivity contribution in [1.82, 2.24) is 15.3 Å². The van der Waals surface area contributed by atoms with E-state index < -0.39 is 0 Å². The summed E-state index contributed by atoms with van der Waals surface area (Å²) in [5.74, 6) is 3.28. The van der Waals surface area contributed by atoms with Gasteiger partial charge in [-0.2, -0.15) is 9.97 Å². The van der Waals surface area contributed by atoms with Gasteiger partial charge in [0.2, 0.25) is 5.95 Å². The van der Waals surface area contributed by atoms with E-state index in [0.29, 0.717) is 29.6 Å². The van der Waals surface area contributed by atoms with E-state index in [9.17, 15) is 0 Å². The summed E-state index contributed by atoms with van der Waals surface area (Å²) in [5, 5.41) is 7.20. The predicted molar refractivity (Wildman–Crippen MR) is 154 cm³/mol. The second-order valence-corrected chi connectivity index (χ2v) is 11.2. The van der Waals surface area contributed by atoms with Crippen LogP contribution in [-0.4, -0.2) is 53.8 Å². The maximum absolute atomic E-state index is 5.65. The number of anilines is 4. The van der Waals surface area contributed by atoms with Crippen molar-refractivity contribution in [2.24, 2.45) is 5.92 Å². The predicted octanol–water partition coefficient (Wildman–Crippen LogP) is 5.18. The number of thiocarbonyl (C=S) groups is 1. The van der Waals surface area contributed by atoms with E-state index >= 15 is 0 Å². The lowest BCUT2D eigenvalue weighted by Gasteiger charge is -2.36. The maximum atomic E-state index is 5.65. The van der Waals surface area contributed by atoms with Gasteiger partial charge in [0.05, 0.1) is 0 Å². The van der Waals surface area contributed by atoms with Crippen molar-refractivity contribution in [1.29, 1.82) is 0 Å². The fourth-order valence-electron chi connectivity index (χ4n) is 5.75. The molecule has 8 heteroatoms. The minimum Gasteiger partial charge on any atom is -0.372 e. The minimum absolute atomic E-state index is 0.489. The third kappa shape index (κ3) is 6.20. The van der Waals surface area contributed by atoms with Gasteiger partial charge in [0.15, 0.2) is 5.11 Å². The molecule has 2 N–H and O–H groups in total. The van der Waals surface area contributed by atoms with Gasteiger partial charge >= 0.3 is 0 Å². The number of nitrogens with one attached hydrogen (secondary N) is 2. The SMILES string of the molecule is C[C@H]1CCCN(c2cc(N3CCCC[C@H]3C)nc(NC(=S)NCc3ccc(N4CCCC4)cc3)n2)C1. The maximum Gasteiger partial charge on any atom is 0.232 e. The van der Waals surface area contributed by atoms with Crippen LogP contribution in [0.25, 0.3) is 0 Å². The normalized spacial score (nSPS) is 22.6. The molecule has 0 saturated carbocycles. The summed E-state index contributed by atoms with van der Waals surface area (Å²) in [6.07, 6.45) is 8.79. The smallest absolute Gasteiger partial charge is 0.232 e. The van der Waals surface area contributed by atoms with E-state index in [1.54, 1.807) is 0 Å². The summed E-state index contributed by atoms with van der Waals surface area (Å²) in [6, 6.07) is 11.5. The molecule has 1 aromatic heterocycles. The molecule has 7 nitrogen and oxygen atoms in total. The van der Waals surface area contributed by atoms with Crippen molar-refractivity contribution in [2.75, 3.05) is 52.7 Å². The van der Waals surface area contributed by atoms with Crippen LogP contribution >= 0.6 is 12.2 Å². The molecule has 0 bridgehead atoms. The largest absolute Gasteiger partial charge is 0.372 e. The molecule has 0 aliphatic carbocycles. The number of nitrogens with zero attached hydrogens (tertiary/aromatic N) is 5. The van der Waals surface area contributed by atoms with Gasteiger partial charge in [0.1, 0.15) is 11.6 Å². The van der Waals surface area contributed by atoms with E-state index in [2.05, 4.69) is 69.5 Å². The summed E-state index contributed by atoms with van der Waals surface area (Å²) < 4.78 is 0. The Bertz CT molecular complexity index is 1020. The van der Waals surface area contributed by atoms with Crippen molar-refractivity contribution in [3.8, 4) is 0 Å². The molecule has 3 aliphatic heterocycles. The van der Waals surface area contributed by atoms with Crippen LogP contribution in [0.1, 0.15) is 64.4 Å². The molecule has 1 aromatic carbocycles. The average Bonchev–Trinajstić information content (AvgIpc) is 3.43. The van der Waals surface area contributed by atoms with Crippen molar-refractivity contribution in [3.63, 3.8) is 0 Å². The van der Waals surface area contributed by atoms with Crippen LogP contribution in [0.2, 0.25) is 0 Å². The lowest BCUT2D eigenvalue weighted by molar-refractivity contribution is 0.444. The number of hydrogen-bond donors (Lipinski definition) is 2. The number of piperidine rings is 2. The van der Waals surface area contributed by atoms with Crippen LogP contribution in [-0.2, 0) is 6.54 Å². The molecule has 0 radical (unpaired) electrons. The standard InChI is InChI=1S/C28H41N7S/c1-21-8-7-16-34(20-21)25-18-26(35-17-4-3-9-22(35)2)31-27(30-25)32-28(36)29-19-23-10-12-24(13-11-23)33-14-5-6-15-33/h10-13,18,21-22H,3-9,14-17,19-20H2,1-2H3,(H2,29,30,31,32,36)/t21-,22+/m0/s1. The van der Waals surface area contributed by atoms with E-state index in [0.717, 1.165) is 31.3 Å². The zero-order valence-corrected chi connectivity index (χ0v) is 22.7. The van der Waals surface area contributed by atoms with Gasteiger partial charge in [-0.05, 0) is 87.7 Å². The highest BCUT2D eigenvalue weighted by Gasteiger charge is 2.24. The van der Waals surface area contributed by atoms with Crippen LogP contribution in [0.4, 0.5) is 23.3 Å². The molecule has 2 aromatic rings. The Kier molecular flexibility index (Phi) is 8.09. The van der Waals surface area contributed by atoms with Crippen LogP contribution in [0.3, 0.4) is 0 Å². The van der Waals surface area contributed by atoms with Gasteiger partial charge < -0.3 is 25.3 Å². The molecule has 3 aliphatic rings. The van der Waals surface area contributed by atoms with Crippen molar-refractivity contribution >= 4 is 40.6 Å². The highest BCUT2D eigenvalue weighted by molar-refractivity contribution is 7.80. The monoisotopic (exact) mass is 507 g/mol. The van der Waals surface area contributed by atoms with Crippen LogP contribution in [0.5, 0.6) is 0 Å². The van der Waals surface area contributed by atoms with Gasteiger partial charge in [-0.3, -0.25) is 0 Å². The Balaban J connectivity index is 1.26. The second kappa shape index (κ2) is 11.6. The fourth-order valence-corrected chi connectivity index (χ4v) is 5.91. The molecule has 0 amide bonds. The Morgan fingerprint density at radius 2 is 1.61 bits per heavy atom. The van der Waals surface area contributed by atoms with Gasteiger partial charge in [0.25, 0.3) is 0 Å². The molecule has 194 valence electrons. The lowest BCUT2D eigenvalue weighted by atomic mass is 10.0. The summed E-state index contributed by atoms with van der Waals surface area (Å²) >= 11 is 5.65. The molecular formula is C28H41N7S. The van der Waals surface area contributed by atoms with Crippen molar-refractivity contribution in [3.05, 3.63) is 35.9 Å². The van der Waals surface area contributed by atoms with Gasteiger partial charge in [-0.15, -0.1) is 0 Å². The van der Waals surface area contributed by atoms with Crippen LogP contribution in [0.15, 0.2) is 30.3 Å². The molecular weight excluding hydrogens is 466 g/mol. The van der Waals surface area contributed by atoms with Crippen molar-refractivity contribution in [2.45, 2.75) is 71.4 Å². The first kappa shape index (κ1) is 25.1. The number of hydrogen-bond acceptors (Lipinski definition) is 6. The molecule has 0 spiro atoms. The first-order valence-corrected chi connectivity index (χ1v) is 14.3. The zero-order chi connectivity index (χ0) is 24.9. The topological polar surface area (TPSA) is 59.6 Å². The number of rotatable bonds is 6. The summed E-state index contributed by atoms with van der Waals surface area (Å²) in [7, 11) is 0. The van der Waals surface area contributed by atoms with Gasteiger partial charge in [-0.25, -0.2) is 0 Å². The molecule has 36 heavy (non-hydrogen) atoms. The second-order valence-electron chi connectivity index (χ2n) is 10.8. The molecule has 0 unspecified atom stereocenters. The Morgan fingerprint density at radius 3 is 2.36 bits per heavy atom. The summed E-state index contributed by atoms with van der Waals surface area (Å²) in [6.45, 7) is 10.8. The molecule has 4 heterocycles.